The molecular weight excluding hydrogens is 338 g/mol. The molecule has 4 heteroatoms. The van der Waals surface area contributed by atoms with E-state index >= 15 is 0 Å². The smallest absolute Gasteiger partial charge is 0.291 e. The second-order valence-electron chi connectivity index (χ2n) is 6.84. The van der Waals surface area contributed by atoms with Gasteiger partial charge in [-0.1, -0.05) is 25.1 Å². The van der Waals surface area contributed by atoms with Crippen molar-refractivity contribution in [2.75, 3.05) is 5.32 Å². The summed E-state index contributed by atoms with van der Waals surface area (Å²) in [5, 5.41) is 2.85. The van der Waals surface area contributed by atoms with E-state index in [1.54, 1.807) is 12.1 Å². The lowest BCUT2D eigenvalue weighted by molar-refractivity contribution is 0.0992. The zero-order valence-corrected chi connectivity index (χ0v) is 15.5. The monoisotopic (exact) mass is 361 g/mol. The molecule has 1 heterocycles. The predicted octanol–water partition coefficient (Wildman–Crippen LogP) is 5.16. The molecule has 3 aromatic rings. The van der Waals surface area contributed by atoms with E-state index in [0.29, 0.717) is 12.4 Å². The van der Waals surface area contributed by atoms with E-state index in [0.717, 1.165) is 30.7 Å². The van der Waals surface area contributed by atoms with Crippen molar-refractivity contribution in [2.24, 2.45) is 0 Å². The van der Waals surface area contributed by atoms with Crippen molar-refractivity contribution in [3.05, 3.63) is 82.8 Å². The van der Waals surface area contributed by atoms with E-state index in [4.69, 9.17) is 9.15 Å². The summed E-state index contributed by atoms with van der Waals surface area (Å²) in [5.74, 6) is 1.49. The first-order valence-electron chi connectivity index (χ1n) is 9.45. The molecule has 1 aliphatic rings. The average molecular weight is 361 g/mol. The van der Waals surface area contributed by atoms with Gasteiger partial charge < -0.3 is 14.5 Å². The van der Waals surface area contributed by atoms with Crippen LogP contribution in [0.5, 0.6) is 5.75 Å². The van der Waals surface area contributed by atoms with Crippen molar-refractivity contribution in [3.63, 3.8) is 0 Å². The fourth-order valence-electron chi connectivity index (χ4n) is 3.39. The first-order chi connectivity index (χ1) is 13.2. The van der Waals surface area contributed by atoms with Gasteiger partial charge in [0.2, 0.25) is 0 Å². The van der Waals surface area contributed by atoms with Gasteiger partial charge in [0.05, 0.1) is 0 Å². The maximum atomic E-state index is 12.3. The fraction of sp³-hybridized carbons (Fsp3) is 0.261. The number of nitrogens with one attached hydrogen (secondary N) is 1. The van der Waals surface area contributed by atoms with Gasteiger partial charge in [-0.05, 0) is 78.8 Å². The van der Waals surface area contributed by atoms with Crippen molar-refractivity contribution in [2.45, 2.75) is 39.2 Å². The number of furan rings is 1. The van der Waals surface area contributed by atoms with Gasteiger partial charge in [0.25, 0.3) is 5.91 Å². The van der Waals surface area contributed by atoms with Gasteiger partial charge in [-0.15, -0.1) is 0 Å². The van der Waals surface area contributed by atoms with Crippen LogP contribution < -0.4 is 10.1 Å². The van der Waals surface area contributed by atoms with E-state index in [1.807, 2.05) is 30.3 Å². The van der Waals surface area contributed by atoms with E-state index in [9.17, 15) is 4.79 Å². The van der Waals surface area contributed by atoms with Crippen LogP contribution in [0.15, 0.2) is 59.0 Å². The van der Waals surface area contributed by atoms with Crippen molar-refractivity contribution in [1.29, 1.82) is 0 Å². The number of rotatable bonds is 6. The van der Waals surface area contributed by atoms with Crippen LogP contribution in [-0.2, 0) is 25.9 Å². The Bertz CT molecular complexity index is 941. The number of benzene rings is 2. The number of aryl methyl sites for hydroxylation is 3. The van der Waals surface area contributed by atoms with Crippen molar-refractivity contribution in [1.82, 2.24) is 0 Å². The standard InChI is InChI=1S/C23H23NO3/c1-2-16-6-9-19(10-7-16)24-23(25)22-13-12-21(27-22)15-26-20-11-8-17-4-3-5-18(17)14-20/h6-14H,2-5,15H2,1H3,(H,24,25). The topological polar surface area (TPSA) is 51.5 Å². The summed E-state index contributed by atoms with van der Waals surface area (Å²) in [6, 6.07) is 17.5. The number of hydrogen-bond donors (Lipinski definition) is 1. The SMILES string of the molecule is CCc1ccc(NC(=O)c2ccc(COc3ccc4c(c3)CCC4)o2)cc1. The average Bonchev–Trinajstić information content (AvgIpc) is 3.36. The third-order valence-corrected chi connectivity index (χ3v) is 4.96. The Morgan fingerprint density at radius 2 is 1.85 bits per heavy atom. The first kappa shape index (κ1) is 17.4. The lowest BCUT2D eigenvalue weighted by Crippen LogP contribution is -2.10. The van der Waals surface area contributed by atoms with Crippen molar-refractivity contribution >= 4 is 11.6 Å². The second kappa shape index (κ2) is 7.70. The molecule has 4 rings (SSSR count). The van der Waals surface area contributed by atoms with Crippen LogP contribution in [0.4, 0.5) is 5.69 Å². The summed E-state index contributed by atoms with van der Waals surface area (Å²) in [6.07, 6.45) is 4.47. The molecule has 0 spiro atoms. The van der Waals surface area contributed by atoms with E-state index in [1.165, 1.54) is 23.1 Å². The molecule has 1 N–H and O–H groups in total. The summed E-state index contributed by atoms with van der Waals surface area (Å²) < 4.78 is 11.5. The third kappa shape index (κ3) is 4.05. The molecule has 0 aliphatic heterocycles. The molecule has 0 fully saturated rings. The molecule has 0 unspecified atom stereocenters. The van der Waals surface area contributed by atoms with Crippen LogP contribution in [0.2, 0.25) is 0 Å². The highest BCUT2D eigenvalue weighted by Crippen LogP contribution is 2.26. The number of fused-ring (bicyclic) bond motifs is 1. The maximum Gasteiger partial charge on any atom is 0.291 e. The van der Waals surface area contributed by atoms with Crippen LogP contribution in [-0.4, -0.2) is 5.91 Å². The Labute approximate surface area is 159 Å². The summed E-state index contributed by atoms with van der Waals surface area (Å²) >= 11 is 0. The minimum atomic E-state index is -0.261. The Balaban J connectivity index is 1.35. The van der Waals surface area contributed by atoms with Crippen molar-refractivity contribution in [3.8, 4) is 5.75 Å². The molecule has 0 saturated heterocycles. The summed E-state index contributed by atoms with van der Waals surface area (Å²) in [6.45, 7) is 2.40. The van der Waals surface area contributed by atoms with Gasteiger partial charge in [0.15, 0.2) is 5.76 Å². The molecule has 27 heavy (non-hydrogen) atoms. The molecular formula is C23H23NO3. The molecule has 0 atom stereocenters. The number of carbonyl (C=O) groups is 1. The number of carbonyl (C=O) groups excluding carboxylic acids is 1. The number of anilines is 1. The maximum absolute atomic E-state index is 12.3. The van der Waals surface area contributed by atoms with Gasteiger partial charge in [-0.25, -0.2) is 0 Å². The Morgan fingerprint density at radius 1 is 1.04 bits per heavy atom. The molecule has 0 bridgehead atoms. The summed E-state index contributed by atoms with van der Waals surface area (Å²) in [7, 11) is 0. The lowest BCUT2D eigenvalue weighted by atomic mass is 10.1. The second-order valence-corrected chi connectivity index (χ2v) is 6.84. The van der Waals surface area contributed by atoms with Gasteiger partial charge >= 0.3 is 0 Å². The normalized spacial score (nSPS) is 12.6. The highest BCUT2D eigenvalue weighted by atomic mass is 16.5. The number of hydrogen-bond acceptors (Lipinski definition) is 3. The summed E-state index contributed by atoms with van der Waals surface area (Å²) in [5.41, 5.74) is 4.79. The molecule has 0 saturated carbocycles. The van der Waals surface area contributed by atoms with Crippen LogP contribution in [0, 0.1) is 0 Å². The van der Waals surface area contributed by atoms with Crippen LogP contribution in [0.3, 0.4) is 0 Å². The highest BCUT2D eigenvalue weighted by molar-refractivity contribution is 6.02. The Morgan fingerprint density at radius 3 is 2.67 bits per heavy atom. The van der Waals surface area contributed by atoms with Gasteiger partial charge in [-0.3, -0.25) is 4.79 Å². The highest BCUT2D eigenvalue weighted by Gasteiger charge is 2.13. The minimum Gasteiger partial charge on any atom is -0.486 e. The predicted molar refractivity (Wildman–Crippen MR) is 105 cm³/mol. The number of ether oxygens (including phenoxy) is 1. The van der Waals surface area contributed by atoms with E-state index < -0.39 is 0 Å². The summed E-state index contributed by atoms with van der Waals surface area (Å²) in [4.78, 5) is 12.3. The van der Waals surface area contributed by atoms with Crippen LogP contribution >= 0.6 is 0 Å². The van der Waals surface area contributed by atoms with Gasteiger partial charge in [0.1, 0.15) is 18.1 Å². The Kier molecular flexibility index (Phi) is 4.97. The molecule has 1 aliphatic carbocycles. The molecule has 4 nitrogen and oxygen atoms in total. The molecule has 1 amide bonds. The molecule has 138 valence electrons. The fourth-order valence-corrected chi connectivity index (χ4v) is 3.39. The quantitative estimate of drug-likeness (QED) is 0.659. The zero-order valence-electron chi connectivity index (χ0n) is 15.5. The van der Waals surface area contributed by atoms with Crippen LogP contribution in [0.1, 0.15) is 46.3 Å². The molecule has 2 aromatic carbocycles. The Hall–Kier alpha value is -3.01. The van der Waals surface area contributed by atoms with Crippen molar-refractivity contribution < 1.29 is 13.9 Å². The lowest BCUT2D eigenvalue weighted by Gasteiger charge is -2.07. The molecule has 0 radical (unpaired) electrons. The van der Waals surface area contributed by atoms with Gasteiger partial charge in [-0.2, -0.15) is 0 Å². The number of amides is 1. The minimum absolute atomic E-state index is 0.261. The van der Waals surface area contributed by atoms with E-state index in [-0.39, 0.29) is 11.7 Å². The first-order valence-corrected chi connectivity index (χ1v) is 9.45. The van der Waals surface area contributed by atoms with Gasteiger partial charge in [0, 0.05) is 5.69 Å². The van der Waals surface area contributed by atoms with Crippen LogP contribution in [0.25, 0.3) is 0 Å². The largest absolute Gasteiger partial charge is 0.486 e. The molecule has 1 aromatic heterocycles. The van der Waals surface area contributed by atoms with E-state index in [2.05, 4.69) is 24.4 Å². The zero-order chi connectivity index (χ0) is 18.6. The third-order valence-electron chi connectivity index (χ3n) is 4.96.